The van der Waals surface area contributed by atoms with Crippen LogP contribution in [-0.2, 0) is 0 Å². The molecule has 0 radical (unpaired) electrons. The van der Waals surface area contributed by atoms with Gasteiger partial charge in [0.1, 0.15) is 5.82 Å². The van der Waals surface area contributed by atoms with Crippen molar-refractivity contribution in [3.8, 4) is 0 Å². The van der Waals surface area contributed by atoms with Crippen LogP contribution in [-0.4, -0.2) is 53.6 Å². The van der Waals surface area contributed by atoms with Crippen molar-refractivity contribution in [2.45, 2.75) is 93.9 Å². The van der Waals surface area contributed by atoms with E-state index in [0.717, 1.165) is 5.03 Å². The Morgan fingerprint density at radius 3 is 1.60 bits per heavy atom. The van der Waals surface area contributed by atoms with Gasteiger partial charge < -0.3 is 4.90 Å². The molecule has 4 aromatic rings. The van der Waals surface area contributed by atoms with Gasteiger partial charge in [-0.25, -0.2) is 9.37 Å². The van der Waals surface area contributed by atoms with Crippen LogP contribution in [0.2, 0.25) is 0 Å². The standard InChI is InChI=1S/C12H16FNO.C10H14S.2C9H13NS/c1-8(2)10-7-9(5-6-11(10)13)12(15)14(3)4;1-8(2)9-6-4-5-7-10(9)11-3;1-7(2)9-8(11-3)5-4-6-10-9;1-7(2)8-5-4-6-10-9(8)11-3/h5-8H,1-4H3;4-8H,1-3H3;2*4-7H,1-3H3. The van der Waals surface area contributed by atoms with Gasteiger partial charge in [-0.05, 0) is 102 Å². The Morgan fingerprint density at radius 1 is 0.625 bits per heavy atom. The molecule has 4 nitrogen and oxygen atoms in total. The van der Waals surface area contributed by atoms with Crippen molar-refractivity contribution in [2.75, 3.05) is 32.9 Å². The van der Waals surface area contributed by atoms with Crippen molar-refractivity contribution in [2.24, 2.45) is 0 Å². The van der Waals surface area contributed by atoms with Crippen molar-refractivity contribution >= 4 is 41.2 Å². The molecule has 0 fully saturated rings. The van der Waals surface area contributed by atoms with Gasteiger partial charge in [-0.3, -0.25) is 9.78 Å². The Morgan fingerprint density at radius 2 is 1.15 bits per heavy atom. The van der Waals surface area contributed by atoms with Crippen LogP contribution < -0.4 is 0 Å². The monoisotopic (exact) mass is 709 g/mol. The van der Waals surface area contributed by atoms with Crippen LogP contribution in [0.4, 0.5) is 4.39 Å². The van der Waals surface area contributed by atoms with Gasteiger partial charge in [0.25, 0.3) is 5.91 Å². The van der Waals surface area contributed by atoms with E-state index in [0.29, 0.717) is 28.9 Å². The Labute approximate surface area is 303 Å². The topological polar surface area (TPSA) is 46.1 Å². The van der Waals surface area contributed by atoms with Gasteiger partial charge >= 0.3 is 0 Å². The molecule has 0 spiro atoms. The quantitative estimate of drug-likeness (QED) is 0.170. The second kappa shape index (κ2) is 22.8. The van der Waals surface area contributed by atoms with Gasteiger partial charge in [-0.2, -0.15) is 0 Å². The first-order chi connectivity index (χ1) is 22.7. The summed E-state index contributed by atoms with van der Waals surface area (Å²) in [4.78, 5) is 24.4. The number of thioether (sulfide) groups is 3. The molecule has 0 aliphatic heterocycles. The molecule has 2 aromatic carbocycles. The van der Waals surface area contributed by atoms with Crippen molar-refractivity contribution in [3.63, 3.8) is 0 Å². The minimum atomic E-state index is -0.250. The fraction of sp³-hybridized carbons (Fsp3) is 0.425. The molecular formula is C40H56FN3OS3. The first kappa shape index (κ1) is 43.2. The molecule has 0 atom stereocenters. The third-order valence-corrected chi connectivity index (χ3v) is 9.54. The van der Waals surface area contributed by atoms with E-state index in [4.69, 9.17) is 0 Å². The van der Waals surface area contributed by atoms with Crippen molar-refractivity contribution in [1.29, 1.82) is 0 Å². The third kappa shape index (κ3) is 14.4. The number of carbonyl (C=O) groups excluding carboxylic acids is 1. The predicted octanol–water partition coefficient (Wildman–Crippen LogP) is 12.0. The maximum atomic E-state index is 13.4. The number of aromatic nitrogens is 2. The minimum absolute atomic E-state index is 0.0833. The fourth-order valence-electron chi connectivity index (χ4n) is 4.54. The highest BCUT2D eigenvalue weighted by atomic mass is 32.2. The lowest BCUT2D eigenvalue weighted by molar-refractivity contribution is 0.0827. The largest absolute Gasteiger partial charge is 0.345 e. The fourth-order valence-corrected chi connectivity index (χ4v) is 6.71. The summed E-state index contributed by atoms with van der Waals surface area (Å²) in [5, 5.41) is 1.16. The Bertz CT molecular complexity index is 1400. The van der Waals surface area contributed by atoms with E-state index in [1.807, 2.05) is 50.1 Å². The van der Waals surface area contributed by atoms with Crippen molar-refractivity contribution in [3.05, 3.63) is 113 Å². The molecule has 4 rings (SSSR count). The molecule has 1 amide bonds. The molecule has 0 unspecified atom stereocenters. The average Bonchev–Trinajstić information content (AvgIpc) is 3.08. The summed E-state index contributed by atoms with van der Waals surface area (Å²) in [6.45, 7) is 17.0. The minimum Gasteiger partial charge on any atom is -0.345 e. The maximum absolute atomic E-state index is 13.4. The third-order valence-electron chi connectivity index (χ3n) is 7.21. The number of halogens is 1. The van der Waals surface area contributed by atoms with E-state index >= 15 is 0 Å². The second-order valence-electron chi connectivity index (χ2n) is 12.5. The van der Waals surface area contributed by atoms with Gasteiger partial charge in [0.15, 0.2) is 0 Å². The molecule has 262 valence electrons. The lowest BCUT2D eigenvalue weighted by Crippen LogP contribution is -2.21. The van der Waals surface area contributed by atoms with E-state index < -0.39 is 0 Å². The summed E-state index contributed by atoms with van der Waals surface area (Å²) < 4.78 is 13.4. The Hall–Kier alpha value is -2.81. The summed E-state index contributed by atoms with van der Waals surface area (Å²) in [5.74, 6) is 1.47. The van der Waals surface area contributed by atoms with Gasteiger partial charge in [0, 0.05) is 41.8 Å². The van der Waals surface area contributed by atoms with Crippen LogP contribution in [0.15, 0.2) is 93.9 Å². The van der Waals surface area contributed by atoms with Gasteiger partial charge in [0.05, 0.1) is 10.7 Å². The van der Waals surface area contributed by atoms with Gasteiger partial charge in [-0.1, -0.05) is 79.7 Å². The molecule has 0 aliphatic rings. The number of hydrogen-bond donors (Lipinski definition) is 0. The summed E-state index contributed by atoms with van der Waals surface area (Å²) in [5.41, 5.74) is 5.13. The van der Waals surface area contributed by atoms with E-state index in [-0.39, 0.29) is 17.6 Å². The van der Waals surface area contributed by atoms with Crippen LogP contribution in [0.25, 0.3) is 0 Å². The van der Waals surface area contributed by atoms with Gasteiger partial charge in [-0.15, -0.1) is 35.3 Å². The number of pyridine rings is 2. The second-order valence-corrected chi connectivity index (χ2v) is 15.0. The van der Waals surface area contributed by atoms with Crippen LogP contribution in [0.5, 0.6) is 0 Å². The Kier molecular flexibility index (Phi) is 20.5. The zero-order valence-corrected chi connectivity index (χ0v) is 33.6. The van der Waals surface area contributed by atoms with E-state index in [1.165, 1.54) is 43.6 Å². The first-order valence-electron chi connectivity index (χ1n) is 16.3. The molecule has 0 N–H and O–H groups in total. The molecular weight excluding hydrogens is 654 g/mol. The zero-order valence-electron chi connectivity index (χ0n) is 31.2. The van der Waals surface area contributed by atoms with Crippen LogP contribution in [0, 0.1) is 5.82 Å². The molecule has 0 saturated carbocycles. The molecule has 0 aliphatic carbocycles. The van der Waals surface area contributed by atoms with Gasteiger partial charge in [0.2, 0.25) is 0 Å². The highest BCUT2D eigenvalue weighted by molar-refractivity contribution is 7.99. The Balaban J connectivity index is 0.000000323. The van der Waals surface area contributed by atoms with Crippen molar-refractivity contribution in [1.82, 2.24) is 14.9 Å². The summed E-state index contributed by atoms with van der Waals surface area (Å²) in [7, 11) is 3.36. The number of benzene rings is 2. The lowest BCUT2D eigenvalue weighted by atomic mass is 10.00. The van der Waals surface area contributed by atoms with Crippen LogP contribution in [0.3, 0.4) is 0 Å². The molecule has 0 saturated heterocycles. The summed E-state index contributed by atoms with van der Waals surface area (Å²) >= 11 is 5.30. The van der Waals surface area contributed by atoms with Crippen molar-refractivity contribution < 1.29 is 9.18 Å². The summed E-state index contributed by atoms with van der Waals surface area (Å²) in [6, 6.07) is 21.3. The predicted molar refractivity (Wildman–Crippen MR) is 211 cm³/mol. The van der Waals surface area contributed by atoms with Crippen LogP contribution >= 0.6 is 35.3 Å². The zero-order chi connectivity index (χ0) is 36.4. The van der Waals surface area contributed by atoms with E-state index in [2.05, 4.69) is 107 Å². The van der Waals surface area contributed by atoms with Crippen LogP contribution in [0.1, 0.15) is 112 Å². The molecule has 2 aromatic heterocycles. The molecule has 8 heteroatoms. The number of nitrogens with zero attached hydrogens (tertiary/aromatic N) is 3. The molecule has 2 heterocycles. The molecule has 0 bridgehead atoms. The summed E-state index contributed by atoms with van der Waals surface area (Å²) in [6.07, 6.45) is 9.98. The average molecular weight is 710 g/mol. The maximum Gasteiger partial charge on any atom is 0.253 e. The first-order valence-corrected chi connectivity index (χ1v) is 20.0. The number of amides is 1. The SMILES string of the molecule is CC(C)c1cc(C(=O)N(C)C)ccc1F.CSc1ccccc1C(C)C.CSc1cccnc1C(C)C.CSc1ncccc1C(C)C. The van der Waals surface area contributed by atoms with E-state index in [9.17, 15) is 9.18 Å². The number of hydrogen-bond acceptors (Lipinski definition) is 6. The highest BCUT2D eigenvalue weighted by Gasteiger charge is 2.13. The smallest absolute Gasteiger partial charge is 0.253 e. The molecule has 48 heavy (non-hydrogen) atoms. The number of rotatable bonds is 8. The van der Waals surface area contributed by atoms with E-state index in [1.54, 1.807) is 43.7 Å². The highest BCUT2D eigenvalue weighted by Crippen LogP contribution is 2.27. The normalized spacial score (nSPS) is 10.5. The lowest BCUT2D eigenvalue weighted by Gasteiger charge is -2.13. The number of carbonyl (C=O) groups is 1.